The highest BCUT2D eigenvalue weighted by Gasteiger charge is 2.09. The molecule has 94 valence electrons. The lowest BCUT2D eigenvalue weighted by atomic mass is 9.80. The average molecular weight is 238 g/mol. The molecule has 0 bridgehead atoms. The Morgan fingerprint density at radius 3 is 2.35 bits per heavy atom. The molecular weight excluding hydrogens is 219 g/mol. The van der Waals surface area contributed by atoms with E-state index in [1.165, 1.54) is 0 Å². The normalized spacial score (nSPS) is 12.5. The minimum Gasteiger partial charge on any atom is -0.423 e. The number of methoxy groups -OCH3 is 1. The van der Waals surface area contributed by atoms with Crippen LogP contribution in [0.4, 0.5) is 0 Å². The van der Waals surface area contributed by atoms with Crippen LogP contribution in [0.15, 0.2) is 24.3 Å². The van der Waals surface area contributed by atoms with Gasteiger partial charge in [0.15, 0.2) is 0 Å². The summed E-state index contributed by atoms with van der Waals surface area (Å²) in [7, 11) is 0.266. The van der Waals surface area contributed by atoms with Crippen LogP contribution in [0.3, 0.4) is 0 Å². The molecule has 0 radical (unpaired) electrons. The van der Waals surface area contributed by atoms with Gasteiger partial charge in [0.1, 0.15) is 0 Å². The molecule has 0 saturated heterocycles. The Hall–Kier alpha value is -0.875. The van der Waals surface area contributed by atoms with Gasteiger partial charge in [-0.25, -0.2) is 0 Å². The van der Waals surface area contributed by atoms with E-state index in [0.717, 1.165) is 5.56 Å². The molecule has 0 aliphatic rings. The van der Waals surface area contributed by atoms with Crippen molar-refractivity contribution in [3.63, 3.8) is 0 Å². The molecule has 0 aromatic heterocycles. The molecule has 0 aliphatic heterocycles. The molecule has 0 amide bonds. The van der Waals surface area contributed by atoms with Crippen molar-refractivity contribution >= 4 is 12.6 Å². The first-order valence-corrected chi connectivity index (χ1v) is 5.65. The van der Waals surface area contributed by atoms with Crippen molar-refractivity contribution in [3.05, 3.63) is 29.8 Å². The van der Waals surface area contributed by atoms with Crippen LogP contribution in [0.5, 0.6) is 0 Å². The Bertz CT molecular complexity index is 313. The molecule has 1 aromatic rings. The van der Waals surface area contributed by atoms with Gasteiger partial charge in [0.2, 0.25) is 0 Å². The summed E-state index contributed by atoms with van der Waals surface area (Å²) in [6.45, 7) is 3.93. The Balaban J connectivity index is 2.32. The quantitative estimate of drug-likeness (QED) is 0.664. The van der Waals surface area contributed by atoms with E-state index in [9.17, 15) is 0 Å². The largest absolute Gasteiger partial charge is 0.488 e. The zero-order valence-corrected chi connectivity index (χ0v) is 10.3. The summed E-state index contributed by atoms with van der Waals surface area (Å²) < 4.78 is 10.5. The molecule has 17 heavy (non-hydrogen) atoms. The fourth-order valence-corrected chi connectivity index (χ4v) is 1.50. The minimum absolute atomic E-state index is 0.374. The number of benzene rings is 1. The van der Waals surface area contributed by atoms with Gasteiger partial charge in [-0.1, -0.05) is 31.2 Å². The SMILES string of the molecule is COC[C@@H](C)COCc1ccc(B(O)O)cc1. The van der Waals surface area contributed by atoms with Crippen LogP contribution in [-0.4, -0.2) is 37.5 Å². The monoisotopic (exact) mass is 238 g/mol. The Morgan fingerprint density at radius 2 is 1.82 bits per heavy atom. The second kappa shape index (κ2) is 7.45. The molecule has 5 heteroatoms. The summed E-state index contributed by atoms with van der Waals surface area (Å²) in [5.74, 6) is 0.374. The predicted molar refractivity (Wildman–Crippen MR) is 67.0 cm³/mol. The number of hydrogen-bond acceptors (Lipinski definition) is 4. The highest BCUT2D eigenvalue weighted by Crippen LogP contribution is 2.03. The van der Waals surface area contributed by atoms with Crippen LogP contribution in [0, 0.1) is 5.92 Å². The summed E-state index contributed by atoms with van der Waals surface area (Å²) in [4.78, 5) is 0. The van der Waals surface area contributed by atoms with Crippen molar-refractivity contribution in [2.45, 2.75) is 13.5 Å². The molecule has 2 N–H and O–H groups in total. The molecule has 4 nitrogen and oxygen atoms in total. The molecule has 1 aromatic carbocycles. The number of ether oxygens (including phenoxy) is 2. The highest BCUT2D eigenvalue weighted by atomic mass is 16.5. The summed E-state index contributed by atoms with van der Waals surface area (Å²) in [5.41, 5.74) is 1.50. The van der Waals surface area contributed by atoms with Crippen LogP contribution in [-0.2, 0) is 16.1 Å². The van der Waals surface area contributed by atoms with Crippen LogP contribution in [0.25, 0.3) is 0 Å². The second-order valence-electron chi connectivity index (χ2n) is 4.19. The Kier molecular flexibility index (Phi) is 6.22. The molecule has 0 aliphatic carbocycles. The molecule has 0 heterocycles. The average Bonchev–Trinajstić information content (AvgIpc) is 2.30. The molecule has 1 atom stereocenters. The van der Waals surface area contributed by atoms with Gasteiger partial charge in [-0.15, -0.1) is 0 Å². The third kappa shape index (κ3) is 5.32. The minimum atomic E-state index is -1.41. The third-order valence-electron chi connectivity index (χ3n) is 2.40. The summed E-state index contributed by atoms with van der Waals surface area (Å²) in [5, 5.41) is 17.9. The standard InChI is InChI=1S/C12H19BO4/c1-10(7-16-2)8-17-9-11-3-5-12(6-4-11)13(14)15/h3-6,10,14-15H,7-9H2,1-2H3/t10-/m1/s1. The molecule has 0 spiro atoms. The predicted octanol–water partition coefficient (Wildman–Crippen LogP) is 0.166. The van der Waals surface area contributed by atoms with Crippen LogP contribution in [0.1, 0.15) is 12.5 Å². The van der Waals surface area contributed by atoms with Gasteiger partial charge < -0.3 is 19.5 Å². The van der Waals surface area contributed by atoms with Gasteiger partial charge in [-0.2, -0.15) is 0 Å². The number of hydrogen-bond donors (Lipinski definition) is 2. The van der Waals surface area contributed by atoms with E-state index in [1.54, 1.807) is 19.2 Å². The van der Waals surface area contributed by atoms with Crippen molar-refractivity contribution < 1.29 is 19.5 Å². The lowest BCUT2D eigenvalue weighted by molar-refractivity contribution is 0.0561. The first kappa shape index (κ1) is 14.2. The molecule has 0 saturated carbocycles. The maximum Gasteiger partial charge on any atom is 0.488 e. The van der Waals surface area contributed by atoms with Crippen LogP contribution in [0.2, 0.25) is 0 Å². The van der Waals surface area contributed by atoms with Gasteiger partial charge >= 0.3 is 7.12 Å². The summed E-state index contributed by atoms with van der Waals surface area (Å²) >= 11 is 0. The number of rotatable bonds is 7. The van der Waals surface area contributed by atoms with Crippen molar-refractivity contribution in [3.8, 4) is 0 Å². The maximum atomic E-state index is 8.93. The first-order chi connectivity index (χ1) is 8.13. The third-order valence-corrected chi connectivity index (χ3v) is 2.40. The molecule has 0 fully saturated rings. The van der Waals surface area contributed by atoms with E-state index in [-0.39, 0.29) is 0 Å². The van der Waals surface area contributed by atoms with Crippen molar-refractivity contribution in [1.82, 2.24) is 0 Å². The van der Waals surface area contributed by atoms with E-state index < -0.39 is 7.12 Å². The van der Waals surface area contributed by atoms with E-state index in [2.05, 4.69) is 6.92 Å². The lowest BCUT2D eigenvalue weighted by Gasteiger charge is -2.11. The fraction of sp³-hybridized carbons (Fsp3) is 0.500. The zero-order valence-electron chi connectivity index (χ0n) is 10.3. The topological polar surface area (TPSA) is 58.9 Å². The van der Waals surface area contributed by atoms with E-state index in [4.69, 9.17) is 19.5 Å². The fourth-order valence-electron chi connectivity index (χ4n) is 1.50. The zero-order chi connectivity index (χ0) is 12.7. The summed E-state index contributed by atoms with van der Waals surface area (Å²) in [6, 6.07) is 7.02. The van der Waals surface area contributed by atoms with Gasteiger partial charge in [-0.05, 0) is 11.0 Å². The Morgan fingerprint density at radius 1 is 1.18 bits per heavy atom. The maximum absolute atomic E-state index is 8.93. The highest BCUT2D eigenvalue weighted by molar-refractivity contribution is 6.58. The van der Waals surface area contributed by atoms with Crippen LogP contribution < -0.4 is 5.46 Å². The van der Waals surface area contributed by atoms with Crippen molar-refractivity contribution in [2.24, 2.45) is 5.92 Å². The first-order valence-electron chi connectivity index (χ1n) is 5.65. The van der Waals surface area contributed by atoms with Gasteiger partial charge in [-0.3, -0.25) is 0 Å². The Labute approximate surface area is 102 Å². The van der Waals surface area contributed by atoms with E-state index >= 15 is 0 Å². The van der Waals surface area contributed by atoms with Gasteiger partial charge in [0.25, 0.3) is 0 Å². The van der Waals surface area contributed by atoms with E-state index in [0.29, 0.717) is 31.2 Å². The van der Waals surface area contributed by atoms with Gasteiger partial charge in [0.05, 0.1) is 19.8 Å². The van der Waals surface area contributed by atoms with Crippen molar-refractivity contribution in [2.75, 3.05) is 20.3 Å². The lowest BCUT2D eigenvalue weighted by Crippen LogP contribution is -2.29. The molecule has 1 rings (SSSR count). The van der Waals surface area contributed by atoms with Crippen molar-refractivity contribution in [1.29, 1.82) is 0 Å². The van der Waals surface area contributed by atoms with Gasteiger partial charge in [0, 0.05) is 13.0 Å². The summed E-state index contributed by atoms with van der Waals surface area (Å²) in [6.07, 6.45) is 0. The van der Waals surface area contributed by atoms with E-state index in [1.807, 2.05) is 12.1 Å². The smallest absolute Gasteiger partial charge is 0.423 e. The van der Waals surface area contributed by atoms with Crippen LogP contribution >= 0.6 is 0 Å². The molecule has 0 unspecified atom stereocenters. The second-order valence-corrected chi connectivity index (χ2v) is 4.19. The molecular formula is C12H19BO4.